The molecule has 0 unspecified atom stereocenters. The second-order valence-electron chi connectivity index (χ2n) is 3.67. The molecule has 16 heavy (non-hydrogen) atoms. The number of imidazole rings is 1. The standard InChI is InChI=1S/C8H14N4O4/c9-1-4-6(13)7(14)8(15,16-4)12-3-11-2-5(12)10/h2-4,6-7,13-15H,1,9-10H2/t4-,6-,7-,8-/m1/s1. The van der Waals surface area contributed by atoms with E-state index < -0.39 is 24.2 Å². The van der Waals surface area contributed by atoms with Crippen molar-refractivity contribution in [3.8, 4) is 0 Å². The van der Waals surface area contributed by atoms with Crippen LogP contribution < -0.4 is 11.5 Å². The fraction of sp³-hybridized carbons (Fsp3) is 0.625. The van der Waals surface area contributed by atoms with E-state index in [1.54, 1.807) is 0 Å². The third-order valence-corrected chi connectivity index (χ3v) is 2.66. The smallest absolute Gasteiger partial charge is 0.286 e. The summed E-state index contributed by atoms with van der Waals surface area (Å²) in [5.74, 6) is -2.03. The number of nitrogens with zero attached hydrogens (tertiary/aromatic N) is 2. The van der Waals surface area contributed by atoms with Gasteiger partial charge in [-0.1, -0.05) is 0 Å². The van der Waals surface area contributed by atoms with E-state index in [0.717, 1.165) is 4.57 Å². The Kier molecular flexibility index (Phi) is 2.60. The van der Waals surface area contributed by atoms with Gasteiger partial charge in [-0.3, -0.25) is 4.57 Å². The van der Waals surface area contributed by atoms with Gasteiger partial charge < -0.3 is 31.5 Å². The van der Waals surface area contributed by atoms with Crippen molar-refractivity contribution in [2.75, 3.05) is 12.3 Å². The topological polar surface area (TPSA) is 140 Å². The average molecular weight is 230 g/mol. The first-order valence-corrected chi connectivity index (χ1v) is 4.75. The summed E-state index contributed by atoms with van der Waals surface area (Å²) in [5.41, 5.74) is 10.9. The zero-order valence-corrected chi connectivity index (χ0v) is 8.39. The van der Waals surface area contributed by atoms with Crippen molar-refractivity contribution in [2.45, 2.75) is 24.2 Å². The van der Waals surface area contributed by atoms with Gasteiger partial charge >= 0.3 is 0 Å². The highest BCUT2D eigenvalue weighted by Crippen LogP contribution is 2.34. The predicted molar refractivity (Wildman–Crippen MR) is 52.8 cm³/mol. The summed E-state index contributed by atoms with van der Waals surface area (Å²) in [4.78, 5) is 3.70. The lowest BCUT2D eigenvalue weighted by Crippen LogP contribution is -2.45. The summed E-state index contributed by atoms with van der Waals surface area (Å²) < 4.78 is 6.16. The molecule has 1 aromatic heterocycles. The maximum atomic E-state index is 10.1. The number of rotatable bonds is 2. The van der Waals surface area contributed by atoms with Crippen LogP contribution in [0, 0.1) is 0 Å². The number of hydrogen-bond acceptors (Lipinski definition) is 7. The molecule has 0 bridgehead atoms. The number of anilines is 1. The van der Waals surface area contributed by atoms with E-state index >= 15 is 0 Å². The minimum absolute atomic E-state index is 0.0326. The van der Waals surface area contributed by atoms with Crippen LogP contribution in [0.3, 0.4) is 0 Å². The summed E-state index contributed by atoms with van der Waals surface area (Å²) >= 11 is 0. The van der Waals surface area contributed by atoms with E-state index in [1.807, 2.05) is 0 Å². The average Bonchev–Trinajstić information content (AvgIpc) is 2.77. The lowest BCUT2D eigenvalue weighted by atomic mass is 10.1. The molecule has 2 rings (SSSR count). The number of ether oxygens (including phenoxy) is 1. The first-order chi connectivity index (χ1) is 7.50. The van der Waals surface area contributed by atoms with E-state index in [1.165, 1.54) is 12.5 Å². The predicted octanol–water partition coefficient (Wildman–Crippen LogP) is -2.85. The number of hydrogen-bond donors (Lipinski definition) is 5. The number of aliphatic hydroxyl groups is 3. The van der Waals surface area contributed by atoms with Gasteiger partial charge in [-0.2, -0.15) is 0 Å². The summed E-state index contributed by atoms with van der Waals surface area (Å²) in [6, 6.07) is 0. The Hall–Kier alpha value is -1.19. The summed E-state index contributed by atoms with van der Waals surface area (Å²) in [5, 5.41) is 29.5. The highest BCUT2D eigenvalue weighted by Gasteiger charge is 2.55. The molecule has 1 aromatic rings. The minimum Gasteiger partial charge on any atom is -0.387 e. The van der Waals surface area contributed by atoms with Crippen molar-refractivity contribution in [1.29, 1.82) is 0 Å². The van der Waals surface area contributed by atoms with E-state index in [0.29, 0.717) is 0 Å². The van der Waals surface area contributed by atoms with E-state index in [9.17, 15) is 15.3 Å². The third-order valence-electron chi connectivity index (χ3n) is 2.66. The Balaban J connectivity index is 2.37. The Morgan fingerprint density at radius 3 is 2.69 bits per heavy atom. The van der Waals surface area contributed by atoms with Crippen LogP contribution in [0.15, 0.2) is 12.5 Å². The lowest BCUT2D eigenvalue weighted by Gasteiger charge is -2.27. The molecule has 1 fully saturated rings. The van der Waals surface area contributed by atoms with Crippen molar-refractivity contribution in [1.82, 2.24) is 9.55 Å². The maximum Gasteiger partial charge on any atom is 0.286 e. The second kappa shape index (κ2) is 3.68. The van der Waals surface area contributed by atoms with Crippen LogP contribution in [0.2, 0.25) is 0 Å². The zero-order chi connectivity index (χ0) is 11.9. The molecule has 1 saturated heterocycles. The summed E-state index contributed by atoms with van der Waals surface area (Å²) in [7, 11) is 0. The molecule has 1 aliphatic rings. The molecule has 90 valence electrons. The molecule has 2 heterocycles. The van der Waals surface area contributed by atoms with Crippen LogP contribution in [0.1, 0.15) is 0 Å². The molecule has 1 aliphatic heterocycles. The Morgan fingerprint density at radius 2 is 2.25 bits per heavy atom. The molecular formula is C8H14N4O4. The van der Waals surface area contributed by atoms with Crippen molar-refractivity contribution in [3.63, 3.8) is 0 Å². The molecule has 7 N–H and O–H groups in total. The van der Waals surface area contributed by atoms with E-state index in [-0.39, 0.29) is 12.4 Å². The lowest BCUT2D eigenvalue weighted by molar-refractivity contribution is -0.284. The SMILES string of the molecule is NC[C@H]1O[C@@](O)(n2cncc2N)[C@H](O)[C@@H]1O. The van der Waals surface area contributed by atoms with Gasteiger partial charge in [0.05, 0.1) is 6.20 Å². The fourth-order valence-electron chi connectivity index (χ4n) is 1.75. The molecule has 0 radical (unpaired) electrons. The number of aliphatic hydroxyl groups excluding tert-OH is 2. The molecule has 0 saturated carbocycles. The fourth-order valence-corrected chi connectivity index (χ4v) is 1.75. The molecule has 8 nitrogen and oxygen atoms in total. The van der Waals surface area contributed by atoms with Crippen molar-refractivity contribution in [2.24, 2.45) is 5.73 Å². The van der Waals surface area contributed by atoms with Crippen LogP contribution in [0.25, 0.3) is 0 Å². The Morgan fingerprint density at radius 1 is 1.56 bits per heavy atom. The second-order valence-corrected chi connectivity index (χ2v) is 3.67. The van der Waals surface area contributed by atoms with Crippen LogP contribution >= 0.6 is 0 Å². The number of nitrogen functional groups attached to an aromatic ring is 1. The normalized spacial score (nSPS) is 39.1. The molecule has 4 atom stereocenters. The van der Waals surface area contributed by atoms with Crippen molar-refractivity contribution < 1.29 is 20.1 Å². The van der Waals surface area contributed by atoms with Gasteiger partial charge in [-0.25, -0.2) is 4.98 Å². The van der Waals surface area contributed by atoms with Gasteiger partial charge in [0.2, 0.25) is 0 Å². The molecule has 0 aromatic carbocycles. The first-order valence-electron chi connectivity index (χ1n) is 4.75. The van der Waals surface area contributed by atoms with Crippen LogP contribution in [0.4, 0.5) is 5.82 Å². The van der Waals surface area contributed by atoms with Crippen molar-refractivity contribution >= 4 is 5.82 Å². The van der Waals surface area contributed by atoms with E-state index in [2.05, 4.69) is 4.98 Å². The van der Waals surface area contributed by atoms with Crippen molar-refractivity contribution in [3.05, 3.63) is 12.5 Å². The summed E-state index contributed by atoms with van der Waals surface area (Å²) in [6.45, 7) is -0.0326. The van der Waals surface area contributed by atoms with Gasteiger partial charge in [0, 0.05) is 6.54 Å². The highest BCUT2D eigenvalue weighted by atomic mass is 16.7. The zero-order valence-electron chi connectivity index (χ0n) is 8.39. The minimum atomic E-state index is -2.13. The van der Waals surface area contributed by atoms with Crippen LogP contribution in [-0.2, 0) is 10.6 Å². The Labute approximate surface area is 91.1 Å². The Bertz CT molecular complexity index is 384. The molecular weight excluding hydrogens is 216 g/mol. The monoisotopic (exact) mass is 230 g/mol. The largest absolute Gasteiger partial charge is 0.387 e. The number of nitrogens with two attached hydrogens (primary N) is 2. The molecule has 0 spiro atoms. The van der Waals surface area contributed by atoms with Gasteiger partial charge in [0.25, 0.3) is 5.91 Å². The molecule has 0 aliphatic carbocycles. The quantitative estimate of drug-likeness (QED) is 0.368. The van der Waals surface area contributed by atoms with Gasteiger partial charge in [-0.15, -0.1) is 0 Å². The third kappa shape index (κ3) is 1.39. The number of aromatic nitrogens is 2. The molecule has 8 heteroatoms. The highest BCUT2D eigenvalue weighted by molar-refractivity contribution is 5.26. The molecule has 0 amide bonds. The van der Waals surface area contributed by atoms with E-state index in [4.69, 9.17) is 16.2 Å². The first kappa shape index (κ1) is 11.3. The van der Waals surface area contributed by atoms with Gasteiger partial charge in [0.15, 0.2) is 6.10 Å². The van der Waals surface area contributed by atoms with Gasteiger partial charge in [0.1, 0.15) is 24.4 Å². The van der Waals surface area contributed by atoms with Gasteiger partial charge in [-0.05, 0) is 0 Å². The maximum absolute atomic E-state index is 10.1. The van der Waals surface area contributed by atoms with Crippen LogP contribution in [0.5, 0.6) is 0 Å². The summed E-state index contributed by atoms with van der Waals surface area (Å²) in [6.07, 6.45) is -1.20. The van der Waals surface area contributed by atoms with Crippen LogP contribution in [-0.4, -0.2) is 49.7 Å².